The van der Waals surface area contributed by atoms with E-state index in [1.807, 2.05) is 0 Å². The zero-order valence-corrected chi connectivity index (χ0v) is 37.3. The largest absolute Gasteiger partial charge is 0.460 e. The van der Waals surface area contributed by atoms with Crippen molar-refractivity contribution in [2.75, 3.05) is 6.54 Å². The number of hydrogen-bond donors (Lipinski definition) is 5. The van der Waals surface area contributed by atoms with Gasteiger partial charge in [-0.15, -0.1) is 0 Å². The summed E-state index contributed by atoms with van der Waals surface area (Å²) in [6, 6.07) is -1.04. The van der Waals surface area contributed by atoms with Crippen LogP contribution < -0.4 is 10.6 Å². The number of amides is 2. The monoisotopic (exact) mass is 805 g/mol. The van der Waals surface area contributed by atoms with Crippen molar-refractivity contribution in [3.05, 3.63) is 0 Å². The highest BCUT2D eigenvalue weighted by atomic mass is 16.6. The summed E-state index contributed by atoms with van der Waals surface area (Å²) in [6.07, 6.45) is 4.55. The summed E-state index contributed by atoms with van der Waals surface area (Å²) in [7, 11) is 0. The molecule has 12 nitrogen and oxygen atoms in total. The zero-order chi connectivity index (χ0) is 42.6. The molecule has 5 saturated carbocycles. The molecule has 6 fully saturated rings. The predicted molar refractivity (Wildman–Crippen MR) is 215 cm³/mol. The maximum absolute atomic E-state index is 14.5. The van der Waals surface area contributed by atoms with Gasteiger partial charge in [-0.25, -0.2) is 14.4 Å². The molecule has 2 spiro atoms. The molecule has 6 aliphatic rings. The van der Waals surface area contributed by atoms with Gasteiger partial charge in [-0.1, -0.05) is 27.7 Å². The van der Waals surface area contributed by atoms with Crippen molar-refractivity contribution in [1.29, 1.82) is 0 Å². The van der Waals surface area contributed by atoms with E-state index in [-0.39, 0.29) is 58.5 Å². The lowest BCUT2D eigenvalue weighted by Crippen LogP contribution is -2.63. The van der Waals surface area contributed by atoms with Crippen LogP contribution in [0.15, 0.2) is 0 Å². The van der Waals surface area contributed by atoms with Gasteiger partial charge in [0, 0.05) is 18.4 Å². The van der Waals surface area contributed by atoms with Crippen LogP contribution in [0.1, 0.15) is 161 Å². The van der Waals surface area contributed by atoms with Crippen LogP contribution in [0.3, 0.4) is 0 Å². The van der Waals surface area contributed by atoms with E-state index < -0.39 is 70.3 Å². The third-order valence-electron chi connectivity index (χ3n) is 16.3. The number of carbonyl (C=O) groups excluding carboxylic acids is 3. The molecular weight excluding hydrogens is 728 g/mol. The average molecular weight is 805 g/mol. The van der Waals surface area contributed by atoms with Crippen molar-refractivity contribution in [1.82, 2.24) is 10.6 Å². The molecule has 0 bridgehead atoms. The highest BCUT2D eigenvalue weighted by Gasteiger charge is 2.85. The van der Waals surface area contributed by atoms with Crippen molar-refractivity contribution in [3.8, 4) is 0 Å². The molecule has 2 amide bonds. The van der Waals surface area contributed by atoms with E-state index in [1.165, 1.54) is 0 Å². The molecule has 5 N–H and O–H groups in total. The van der Waals surface area contributed by atoms with Gasteiger partial charge in [0.15, 0.2) is 0 Å². The summed E-state index contributed by atoms with van der Waals surface area (Å²) >= 11 is 0. The molecule has 12 heteroatoms. The summed E-state index contributed by atoms with van der Waals surface area (Å²) in [5.74, 6) is -0.633. The van der Waals surface area contributed by atoms with E-state index in [4.69, 9.17) is 18.9 Å². The molecule has 1 heterocycles. The van der Waals surface area contributed by atoms with Crippen LogP contribution >= 0.6 is 0 Å². The van der Waals surface area contributed by atoms with Gasteiger partial charge in [0.25, 0.3) is 0 Å². The Morgan fingerprint density at radius 2 is 1.44 bits per heavy atom. The quantitative estimate of drug-likeness (QED) is 0.0913. The van der Waals surface area contributed by atoms with Crippen molar-refractivity contribution >= 4 is 18.2 Å². The number of aliphatic hydroxyl groups excluding tert-OH is 2. The number of aliphatic hydroxyl groups is 3. The first-order valence-electron chi connectivity index (χ1n) is 21.9. The van der Waals surface area contributed by atoms with Gasteiger partial charge in [-0.2, -0.15) is 0 Å². The summed E-state index contributed by atoms with van der Waals surface area (Å²) < 4.78 is 24.4. The number of carbonyl (C=O) groups is 3. The number of esters is 1. The molecule has 57 heavy (non-hydrogen) atoms. The summed E-state index contributed by atoms with van der Waals surface area (Å²) in [5.41, 5.74) is -4.23. The lowest BCUT2D eigenvalue weighted by atomic mass is 9.41. The van der Waals surface area contributed by atoms with Gasteiger partial charge in [-0.3, -0.25) is 0 Å². The molecular formula is C45H76N2O10. The zero-order valence-electron chi connectivity index (χ0n) is 37.3. The van der Waals surface area contributed by atoms with E-state index in [0.717, 1.165) is 38.5 Å². The molecule has 0 aromatic heterocycles. The molecule has 6 rings (SSSR count). The third-order valence-corrected chi connectivity index (χ3v) is 16.3. The lowest BCUT2D eigenvalue weighted by molar-refractivity contribution is -0.221. The standard InChI is InChI=1S/C45H76N2O10/c1-37(2,3)56-35(51)46-22-14-15-26(47-36(52)57-38(4,5)6)34(50)54-28-23-29-42(12)24-27(48)32(43(13)18-17-31(55-43)40(9,10)53)41(42,11)20-21-44(29)25-45(44)19-16-30(49)39(7,8)33(28)45/h26-33,48-49,53H,14-25H2,1-13H3,(H,46,51)(H,47,52)/t26-,27-,28-,29?,30-,31-,32-,33?,41+,42-,43+,44?,45+/m0/s1. The van der Waals surface area contributed by atoms with Crippen molar-refractivity contribution in [2.24, 2.45) is 44.8 Å². The van der Waals surface area contributed by atoms with Crippen LogP contribution in [0.4, 0.5) is 9.59 Å². The molecule has 0 radical (unpaired) electrons. The second-order valence-electron chi connectivity index (χ2n) is 23.1. The number of nitrogens with one attached hydrogen (secondary N) is 2. The molecule has 1 saturated heterocycles. The lowest BCUT2D eigenvalue weighted by Gasteiger charge is -2.64. The average Bonchev–Trinajstić information content (AvgIpc) is 3.40. The Balaban J connectivity index is 1.29. The molecule has 1 aliphatic heterocycles. The number of hydrogen-bond acceptors (Lipinski definition) is 10. The topological polar surface area (TPSA) is 173 Å². The predicted octanol–water partition coefficient (Wildman–Crippen LogP) is 7.19. The number of fused-ring (bicyclic) bond motifs is 2. The summed E-state index contributed by atoms with van der Waals surface area (Å²) in [6.45, 7) is 25.6. The second-order valence-corrected chi connectivity index (χ2v) is 23.1. The van der Waals surface area contributed by atoms with E-state index in [9.17, 15) is 29.7 Å². The maximum atomic E-state index is 14.5. The Hall–Kier alpha value is -2.15. The Bertz CT molecular complexity index is 1560. The normalized spacial score (nSPS) is 42.7. The molecule has 5 aliphatic carbocycles. The highest BCUT2D eigenvalue weighted by molar-refractivity contribution is 5.81. The molecule has 0 aromatic carbocycles. The van der Waals surface area contributed by atoms with Crippen molar-refractivity contribution in [2.45, 2.75) is 213 Å². The Morgan fingerprint density at radius 1 is 0.807 bits per heavy atom. The van der Waals surface area contributed by atoms with Crippen molar-refractivity contribution < 1.29 is 48.7 Å². The minimum Gasteiger partial charge on any atom is -0.460 e. The number of alkyl carbamates (subject to hydrolysis) is 2. The summed E-state index contributed by atoms with van der Waals surface area (Å²) in [5, 5.41) is 40.2. The first-order chi connectivity index (χ1) is 25.9. The SMILES string of the molecule is CC(C)(C)OC(=O)NCCC[C@H](NC(=O)OC(C)(C)C)C(=O)O[C@H]1CC2C3(CC[C@]4(C)[C@@H]([C@@]5(C)CC[C@@H](C(C)(C)O)O5)[C@@H](O)C[C@@]24C)C[C@@]32CC[C@H](O)C(C)(C)C12. The first kappa shape index (κ1) is 44.4. The van der Waals surface area contributed by atoms with Gasteiger partial charge in [-0.05, 0) is 166 Å². The maximum Gasteiger partial charge on any atom is 0.408 e. The molecule has 0 aromatic rings. The number of ether oxygens (including phenoxy) is 4. The van der Waals surface area contributed by atoms with E-state index >= 15 is 0 Å². The van der Waals surface area contributed by atoms with Crippen LogP contribution in [0.25, 0.3) is 0 Å². The minimum absolute atomic E-state index is 0.00934. The van der Waals surface area contributed by atoms with E-state index in [1.54, 1.807) is 55.4 Å². The van der Waals surface area contributed by atoms with Crippen LogP contribution in [0.2, 0.25) is 0 Å². The van der Waals surface area contributed by atoms with E-state index in [0.29, 0.717) is 25.7 Å². The van der Waals surface area contributed by atoms with Gasteiger partial charge in [0.1, 0.15) is 23.3 Å². The van der Waals surface area contributed by atoms with Crippen molar-refractivity contribution in [3.63, 3.8) is 0 Å². The molecule has 326 valence electrons. The van der Waals surface area contributed by atoms with Gasteiger partial charge in [0.05, 0.1) is 29.5 Å². The Kier molecular flexibility index (Phi) is 11.1. The van der Waals surface area contributed by atoms with Crippen LogP contribution in [-0.4, -0.2) is 92.9 Å². The third kappa shape index (κ3) is 7.62. The molecule has 3 unspecified atom stereocenters. The fraction of sp³-hybridized carbons (Fsp3) is 0.933. The highest BCUT2D eigenvalue weighted by Crippen LogP contribution is 2.89. The van der Waals surface area contributed by atoms with Gasteiger partial charge in [0.2, 0.25) is 0 Å². The minimum atomic E-state index is -1.04. The van der Waals surface area contributed by atoms with Crippen LogP contribution in [0, 0.1) is 44.8 Å². The Labute approximate surface area is 341 Å². The fourth-order valence-corrected chi connectivity index (χ4v) is 14.0. The molecule has 13 atom stereocenters. The van der Waals surface area contributed by atoms with Gasteiger partial charge >= 0.3 is 18.2 Å². The van der Waals surface area contributed by atoms with Gasteiger partial charge < -0.3 is 44.9 Å². The second kappa shape index (κ2) is 14.2. The van der Waals surface area contributed by atoms with Crippen LogP contribution in [0.5, 0.6) is 0 Å². The van der Waals surface area contributed by atoms with Crippen LogP contribution in [-0.2, 0) is 23.7 Å². The van der Waals surface area contributed by atoms with E-state index in [2.05, 4.69) is 45.3 Å². The fourth-order valence-electron chi connectivity index (χ4n) is 14.0. The smallest absolute Gasteiger partial charge is 0.408 e. The summed E-state index contributed by atoms with van der Waals surface area (Å²) in [4.78, 5) is 40.0. The Morgan fingerprint density at radius 3 is 2.04 bits per heavy atom. The number of rotatable bonds is 9. The first-order valence-corrected chi connectivity index (χ1v) is 21.9.